The summed E-state index contributed by atoms with van der Waals surface area (Å²) in [7, 11) is 0. The lowest BCUT2D eigenvalue weighted by Gasteiger charge is -2.11. The molecule has 2 aromatic carbocycles. The maximum Gasteiger partial charge on any atom is 0.254 e. The van der Waals surface area contributed by atoms with Gasteiger partial charge < -0.3 is 0 Å². The lowest BCUT2D eigenvalue weighted by Crippen LogP contribution is -2.22. The van der Waals surface area contributed by atoms with E-state index in [1.54, 1.807) is 22.4 Å². The fourth-order valence-electron chi connectivity index (χ4n) is 2.55. The highest BCUT2D eigenvalue weighted by Crippen LogP contribution is 2.21. The van der Waals surface area contributed by atoms with Gasteiger partial charge in [-0.2, -0.15) is 0 Å². The third kappa shape index (κ3) is 3.95. The number of benzene rings is 2. The highest BCUT2D eigenvalue weighted by Gasteiger charge is 2.09. The molecule has 4 heteroatoms. The number of aryl methyl sites for hydroxylation is 1. The molecule has 3 aromatic rings. The second kappa shape index (κ2) is 7.97. The number of rotatable bonds is 6. The SMILES string of the molecule is CCn1c(SCCc2ccccc2)nc(-c2ccccc2)cc1=O. The van der Waals surface area contributed by atoms with Gasteiger partial charge in [-0.25, -0.2) is 4.98 Å². The van der Waals surface area contributed by atoms with Crippen LogP contribution in [0, 0.1) is 0 Å². The van der Waals surface area contributed by atoms with Gasteiger partial charge in [0.15, 0.2) is 5.16 Å². The maximum atomic E-state index is 12.4. The Morgan fingerprint density at radius 2 is 1.67 bits per heavy atom. The van der Waals surface area contributed by atoms with Crippen molar-refractivity contribution in [1.82, 2.24) is 9.55 Å². The molecule has 0 aliphatic heterocycles. The molecule has 0 saturated heterocycles. The van der Waals surface area contributed by atoms with Crippen molar-refractivity contribution in [1.29, 1.82) is 0 Å². The van der Waals surface area contributed by atoms with Crippen LogP contribution in [0.3, 0.4) is 0 Å². The lowest BCUT2D eigenvalue weighted by atomic mass is 10.1. The predicted octanol–water partition coefficient (Wildman–Crippen LogP) is 4.27. The summed E-state index contributed by atoms with van der Waals surface area (Å²) in [5.41, 5.74) is 3.03. The van der Waals surface area contributed by atoms with Gasteiger partial charge in [-0.1, -0.05) is 72.4 Å². The van der Waals surface area contributed by atoms with Crippen molar-refractivity contribution in [3.63, 3.8) is 0 Å². The summed E-state index contributed by atoms with van der Waals surface area (Å²) in [4.78, 5) is 17.1. The molecule has 0 bridgehead atoms. The minimum Gasteiger partial charge on any atom is -0.288 e. The molecule has 3 nitrogen and oxygen atoms in total. The standard InChI is InChI=1S/C20H20N2OS/c1-2-22-19(23)15-18(17-11-7-4-8-12-17)21-20(22)24-14-13-16-9-5-3-6-10-16/h3-12,15H,2,13-14H2,1H3. The topological polar surface area (TPSA) is 34.9 Å². The quantitative estimate of drug-likeness (QED) is 0.498. The van der Waals surface area contributed by atoms with E-state index in [0.29, 0.717) is 6.54 Å². The molecule has 0 radical (unpaired) electrons. The number of thioether (sulfide) groups is 1. The van der Waals surface area contributed by atoms with E-state index in [-0.39, 0.29) is 5.56 Å². The predicted molar refractivity (Wildman–Crippen MR) is 100 cm³/mol. The molecule has 0 atom stereocenters. The van der Waals surface area contributed by atoms with Crippen LogP contribution in [0.25, 0.3) is 11.3 Å². The third-order valence-electron chi connectivity index (χ3n) is 3.82. The average molecular weight is 336 g/mol. The summed E-state index contributed by atoms with van der Waals surface area (Å²) in [6.07, 6.45) is 0.959. The van der Waals surface area contributed by atoms with E-state index in [1.165, 1.54) is 5.56 Å². The van der Waals surface area contributed by atoms with Crippen LogP contribution >= 0.6 is 11.8 Å². The van der Waals surface area contributed by atoms with Crippen LogP contribution in [0.2, 0.25) is 0 Å². The number of aromatic nitrogens is 2. The molecular weight excluding hydrogens is 316 g/mol. The zero-order chi connectivity index (χ0) is 16.8. The minimum absolute atomic E-state index is 0.00793. The van der Waals surface area contributed by atoms with Crippen molar-refractivity contribution in [2.24, 2.45) is 0 Å². The summed E-state index contributed by atoms with van der Waals surface area (Å²) in [6.45, 7) is 2.61. The Kier molecular flexibility index (Phi) is 5.49. The van der Waals surface area contributed by atoms with Gasteiger partial charge in [-0.3, -0.25) is 9.36 Å². The molecule has 0 fully saturated rings. The van der Waals surface area contributed by atoms with Crippen molar-refractivity contribution < 1.29 is 0 Å². The van der Waals surface area contributed by atoms with Crippen molar-refractivity contribution in [2.45, 2.75) is 25.0 Å². The molecule has 0 aliphatic rings. The van der Waals surface area contributed by atoms with Gasteiger partial charge >= 0.3 is 0 Å². The van der Waals surface area contributed by atoms with Gasteiger partial charge in [0.05, 0.1) is 5.69 Å². The normalized spacial score (nSPS) is 10.7. The fraction of sp³-hybridized carbons (Fsp3) is 0.200. The molecule has 0 saturated carbocycles. The van der Waals surface area contributed by atoms with Crippen molar-refractivity contribution in [2.75, 3.05) is 5.75 Å². The summed E-state index contributed by atoms with van der Waals surface area (Å²) < 4.78 is 1.74. The Morgan fingerprint density at radius 3 is 2.33 bits per heavy atom. The van der Waals surface area contributed by atoms with Crippen molar-refractivity contribution >= 4 is 11.8 Å². The smallest absolute Gasteiger partial charge is 0.254 e. The average Bonchev–Trinajstić information content (AvgIpc) is 2.63. The molecule has 1 aromatic heterocycles. The Hall–Kier alpha value is -2.33. The third-order valence-corrected chi connectivity index (χ3v) is 4.80. The van der Waals surface area contributed by atoms with Gasteiger partial charge in [0, 0.05) is 23.9 Å². The van der Waals surface area contributed by atoms with E-state index < -0.39 is 0 Å². The van der Waals surface area contributed by atoms with Crippen LogP contribution in [0.5, 0.6) is 0 Å². The van der Waals surface area contributed by atoms with E-state index in [2.05, 4.69) is 24.3 Å². The first kappa shape index (κ1) is 16.5. The zero-order valence-electron chi connectivity index (χ0n) is 13.7. The highest BCUT2D eigenvalue weighted by atomic mass is 32.2. The Morgan fingerprint density at radius 1 is 1.00 bits per heavy atom. The summed E-state index contributed by atoms with van der Waals surface area (Å²) in [5, 5.41) is 0.791. The van der Waals surface area contributed by atoms with Crippen LogP contribution < -0.4 is 5.56 Å². The molecular formula is C20H20N2OS. The first-order valence-corrected chi connectivity index (χ1v) is 9.10. The molecule has 0 spiro atoms. The van der Waals surface area contributed by atoms with Gasteiger partial charge in [-0.15, -0.1) is 0 Å². The van der Waals surface area contributed by atoms with Gasteiger partial charge in [0.25, 0.3) is 5.56 Å². The first-order chi connectivity index (χ1) is 11.8. The number of hydrogen-bond acceptors (Lipinski definition) is 3. The van der Waals surface area contributed by atoms with Crippen LogP contribution in [0.1, 0.15) is 12.5 Å². The van der Waals surface area contributed by atoms with Gasteiger partial charge in [-0.05, 0) is 18.9 Å². The van der Waals surface area contributed by atoms with E-state index in [9.17, 15) is 4.79 Å². The zero-order valence-corrected chi connectivity index (χ0v) is 14.5. The number of hydrogen-bond donors (Lipinski definition) is 0. The van der Waals surface area contributed by atoms with E-state index in [4.69, 9.17) is 4.98 Å². The van der Waals surface area contributed by atoms with Crippen LogP contribution in [0.15, 0.2) is 76.7 Å². The number of nitrogens with zero attached hydrogens (tertiary/aromatic N) is 2. The molecule has 0 amide bonds. The van der Waals surface area contributed by atoms with Gasteiger partial charge in [0.2, 0.25) is 0 Å². The molecule has 3 rings (SSSR count). The Labute approximate surface area is 146 Å². The Bertz CT molecular complexity index is 845. The largest absolute Gasteiger partial charge is 0.288 e. The molecule has 24 heavy (non-hydrogen) atoms. The monoisotopic (exact) mass is 336 g/mol. The van der Waals surface area contributed by atoms with E-state index in [0.717, 1.165) is 28.6 Å². The van der Waals surface area contributed by atoms with Crippen molar-refractivity contribution in [3.05, 3.63) is 82.6 Å². The Balaban J connectivity index is 1.83. The van der Waals surface area contributed by atoms with Gasteiger partial charge in [0.1, 0.15) is 0 Å². The summed E-state index contributed by atoms with van der Waals surface area (Å²) in [6, 6.07) is 21.9. The highest BCUT2D eigenvalue weighted by molar-refractivity contribution is 7.99. The summed E-state index contributed by atoms with van der Waals surface area (Å²) >= 11 is 1.64. The van der Waals surface area contributed by atoms with E-state index in [1.807, 2.05) is 43.3 Å². The molecule has 0 N–H and O–H groups in total. The molecule has 0 unspecified atom stereocenters. The minimum atomic E-state index is 0.00793. The summed E-state index contributed by atoms with van der Waals surface area (Å²) in [5.74, 6) is 0.898. The van der Waals surface area contributed by atoms with Crippen LogP contribution in [-0.4, -0.2) is 15.3 Å². The lowest BCUT2D eigenvalue weighted by molar-refractivity contribution is 0.624. The molecule has 0 aliphatic carbocycles. The fourth-order valence-corrected chi connectivity index (χ4v) is 3.61. The first-order valence-electron chi connectivity index (χ1n) is 8.12. The second-order valence-corrected chi connectivity index (χ2v) is 6.52. The van der Waals surface area contributed by atoms with E-state index >= 15 is 0 Å². The van der Waals surface area contributed by atoms with Crippen LogP contribution in [0.4, 0.5) is 0 Å². The van der Waals surface area contributed by atoms with Crippen molar-refractivity contribution in [3.8, 4) is 11.3 Å². The van der Waals surface area contributed by atoms with Crippen LogP contribution in [-0.2, 0) is 13.0 Å². The maximum absolute atomic E-state index is 12.4. The molecule has 122 valence electrons. The molecule has 1 heterocycles. The second-order valence-electron chi connectivity index (χ2n) is 5.46.